The van der Waals surface area contributed by atoms with Crippen LogP contribution in [0.1, 0.15) is 43.0 Å². The molecule has 4 rings (SSSR count). The minimum Gasteiger partial charge on any atom is -0.482 e. The van der Waals surface area contributed by atoms with Crippen LogP contribution in [0.25, 0.3) is 0 Å². The lowest BCUT2D eigenvalue weighted by molar-refractivity contribution is -0.125. The molecule has 4 atom stereocenters. The van der Waals surface area contributed by atoms with Gasteiger partial charge in [-0.2, -0.15) is 0 Å². The van der Waals surface area contributed by atoms with Crippen molar-refractivity contribution in [2.45, 2.75) is 38.6 Å². The summed E-state index contributed by atoms with van der Waals surface area (Å²) in [6, 6.07) is 4.73. The van der Waals surface area contributed by atoms with Gasteiger partial charge in [0.1, 0.15) is 5.75 Å². The summed E-state index contributed by atoms with van der Waals surface area (Å²) in [4.78, 5) is 35.6. The van der Waals surface area contributed by atoms with Crippen molar-refractivity contribution in [1.29, 1.82) is 0 Å². The molecule has 0 unspecified atom stereocenters. The molecule has 144 valence electrons. The van der Waals surface area contributed by atoms with Crippen LogP contribution in [-0.4, -0.2) is 37.0 Å². The molecule has 2 bridgehead atoms. The summed E-state index contributed by atoms with van der Waals surface area (Å²) in [5, 5.41) is 5.64. The van der Waals surface area contributed by atoms with Gasteiger partial charge in [0.05, 0.1) is 11.3 Å². The third-order valence-electron chi connectivity index (χ3n) is 6.01. The molecule has 2 fully saturated rings. The Hall–Kier alpha value is -2.57. The first-order valence-electron chi connectivity index (χ1n) is 9.53. The van der Waals surface area contributed by atoms with Gasteiger partial charge >= 0.3 is 5.97 Å². The Morgan fingerprint density at radius 2 is 2.19 bits per heavy atom. The van der Waals surface area contributed by atoms with Gasteiger partial charge in [-0.05, 0) is 62.1 Å². The van der Waals surface area contributed by atoms with Crippen LogP contribution in [0.4, 0.5) is 5.69 Å². The van der Waals surface area contributed by atoms with E-state index in [1.807, 2.05) is 6.92 Å². The van der Waals surface area contributed by atoms with Gasteiger partial charge in [0.15, 0.2) is 13.2 Å². The molecular weight excluding hydrogens is 348 g/mol. The Balaban J connectivity index is 1.27. The third-order valence-corrected chi connectivity index (χ3v) is 6.01. The summed E-state index contributed by atoms with van der Waals surface area (Å²) in [5.41, 5.74) is 0.791. The van der Waals surface area contributed by atoms with Crippen molar-refractivity contribution < 1.29 is 23.9 Å². The van der Waals surface area contributed by atoms with Gasteiger partial charge in [-0.1, -0.05) is 6.42 Å². The minimum atomic E-state index is -0.596. The van der Waals surface area contributed by atoms with Crippen molar-refractivity contribution in [3.8, 4) is 5.75 Å². The van der Waals surface area contributed by atoms with Crippen molar-refractivity contribution >= 4 is 23.5 Å². The van der Waals surface area contributed by atoms with E-state index in [-0.39, 0.29) is 36.6 Å². The molecule has 1 aliphatic heterocycles. The van der Waals surface area contributed by atoms with E-state index in [1.165, 1.54) is 37.8 Å². The molecule has 0 radical (unpaired) electrons. The van der Waals surface area contributed by atoms with Gasteiger partial charge in [-0.3, -0.25) is 9.59 Å². The molecule has 2 aliphatic carbocycles. The van der Waals surface area contributed by atoms with E-state index >= 15 is 0 Å². The first kappa shape index (κ1) is 17.8. The smallest absolute Gasteiger partial charge is 0.338 e. The minimum absolute atomic E-state index is 0.0885. The predicted octanol–water partition coefficient (Wildman–Crippen LogP) is 2.12. The van der Waals surface area contributed by atoms with Crippen LogP contribution in [0.2, 0.25) is 0 Å². The Morgan fingerprint density at radius 3 is 2.93 bits per heavy atom. The van der Waals surface area contributed by atoms with E-state index in [1.54, 1.807) is 6.07 Å². The van der Waals surface area contributed by atoms with E-state index in [0.717, 1.165) is 11.8 Å². The summed E-state index contributed by atoms with van der Waals surface area (Å²) >= 11 is 0. The molecular formula is C20H24N2O5. The molecule has 7 heteroatoms. The number of amides is 2. The molecule has 27 heavy (non-hydrogen) atoms. The highest BCUT2D eigenvalue weighted by Gasteiger charge is 2.42. The van der Waals surface area contributed by atoms with Crippen LogP contribution in [0.15, 0.2) is 18.2 Å². The van der Waals surface area contributed by atoms with E-state index in [2.05, 4.69) is 10.6 Å². The summed E-state index contributed by atoms with van der Waals surface area (Å²) in [6.45, 7) is 1.65. The highest BCUT2D eigenvalue weighted by Crippen LogP contribution is 2.49. The van der Waals surface area contributed by atoms with Crippen LogP contribution in [-0.2, 0) is 14.3 Å². The predicted molar refractivity (Wildman–Crippen MR) is 97.4 cm³/mol. The molecule has 0 spiro atoms. The van der Waals surface area contributed by atoms with Crippen LogP contribution < -0.4 is 15.4 Å². The zero-order chi connectivity index (χ0) is 19.0. The number of hydrogen-bond acceptors (Lipinski definition) is 5. The molecule has 7 nitrogen and oxygen atoms in total. The monoisotopic (exact) mass is 372 g/mol. The topological polar surface area (TPSA) is 93.7 Å². The molecule has 1 aromatic carbocycles. The lowest BCUT2D eigenvalue weighted by Crippen LogP contribution is -2.42. The second kappa shape index (κ2) is 7.21. The number of rotatable bonds is 5. The Bertz CT molecular complexity index is 778. The van der Waals surface area contributed by atoms with E-state index < -0.39 is 5.97 Å². The van der Waals surface area contributed by atoms with Crippen molar-refractivity contribution in [2.75, 3.05) is 18.5 Å². The fourth-order valence-electron chi connectivity index (χ4n) is 4.72. The van der Waals surface area contributed by atoms with Gasteiger partial charge in [-0.25, -0.2) is 4.79 Å². The van der Waals surface area contributed by atoms with Crippen molar-refractivity contribution in [3.05, 3.63) is 23.8 Å². The van der Waals surface area contributed by atoms with Gasteiger partial charge in [0.2, 0.25) is 0 Å². The zero-order valence-electron chi connectivity index (χ0n) is 15.3. The van der Waals surface area contributed by atoms with Gasteiger partial charge < -0.3 is 20.1 Å². The second-order valence-electron chi connectivity index (χ2n) is 7.82. The number of hydrogen-bond donors (Lipinski definition) is 2. The maximum atomic E-state index is 12.2. The lowest BCUT2D eigenvalue weighted by Gasteiger charge is -2.28. The molecule has 2 N–H and O–H groups in total. The van der Waals surface area contributed by atoms with E-state index in [0.29, 0.717) is 17.4 Å². The highest BCUT2D eigenvalue weighted by atomic mass is 16.5. The summed E-state index contributed by atoms with van der Waals surface area (Å²) < 4.78 is 10.4. The Labute approximate surface area is 157 Å². The van der Waals surface area contributed by atoms with Crippen LogP contribution in [0.5, 0.6) is 5.75 Å². The SMILES string of the molecule is C[C@@H](NC(=O)COC(=O)c1ccc2c(c1)OCC(=O)N2)[C@H]1C[C@H]2CC[C@H]1C2. The average molecular weight is 372 g/mol. The number of nitrogens with one attached hydrogen (secondary N) is 2. The van der Waals surface area contributed by atoms with Crippen LogP contribution in [0, 0.1) is 17.8 Å². The molecule has 2 amide bonds. The fraction of sp³-hybridized carbons (Fsp3) is 0.550. The molecule has 1 heterocycles. The molecule has 0 aromatic heterocycles. The Morgan fingerprint density at radius 1 is 1.33 bits per heavy atom. The van der Waals surface area contributed by atoms with Gasteiger partial charge in [0, 0.05) is 6.04 Å². The normalized spacial score (nSPS) is 26.6. The number of anilines is 1. The number of benzene rings is 1. The van der Waals surface area contributed by atoms with Gasteiger partial charge in [-0.15, -0.1) is 0 Å². The maximum Gasteiger partial charge on any atom is 0.338 e. The molecule has 2 saturated carbocycles. The Kier molecular flexibility index (Phi) is 4.76. The molecule has 3 aliphatic rings. The second-order valence-corrected chi connectivity index (χ2v) is 7.82. The number of ether oxygens (including phenoxy) is 2. The van der Waals surface area contributed by atoms with Crippen molar-refractivity contribution in [2.24, 2.45) is 17.8 Å². The largest absolute Gasteiger partial charge is 0.482 e. The summed E-state index contributed by atoms with van der Waals surface area (Å²) in [7, 11) is 0. The van der Waals surface area contributed by atoms with Crippen molar-refractivity contribution in [3.63, 3.8) is 0 Å². The van der Waals surface area contributed by atoms with Crippen LogP contribution in [0.3, 0.4) is 0 Å². The maximum absolute atomic E-state index is 12.2. The standard InChI is InChI=1S/C20H24N2O5/c1-11(15-7-12-2-3-13(15)6-12)21-18(23)10-27-20(25)14-4-5-16-17(8-14)26-9-19(24)22-16/h4-5,8,11-13,15H,2-3,6-7,9-10H2,1H3,(H,21,23)(H,22,24)/t11-,12+,13+,15-/m1/s1. The summed E-state index contributed by atoms with van der Waals surface area (Å²) in [6.07, 6.45) is 5.08. The quantitative estimate of drug-likeness (QED) is 0.772. The third kappa shape index (κ3) is 3.77. The number of carbonyl (C=O) groups excluding carboxylic acids is 3. The number of fused-ring (bicyclic) bond motifs is 3. The first-order valence-corrected chi connectivity index (χ1v) is 9.53. The molecule has 0 saturated heterocycles. The van der Waals surface area contributed by atoms with E-state index in [9.17, 15) is 14.4 Å². The highest BCUT2D eigenvalue weighted by molar-refractivity contribution is 5.97. The van der Waals surface area contributed by atoms with E-state index in [4.69, 9.17) is 9.47 Å². The first-order chi connectivity index (χ1) is 13.0. The van der Waals surface area contributed by atoms with Gasteiger partial charge in [0.25, 0.3) is 11.8 Å². The number of esters is 1. The average Bonchev–Trinajstić information content (AvgIpc) is 3.29. The fourth-order valence-corrected chi connectivity index (χ4v) is 4.72. The lowest BCUT2D eigenvalue weighted by atomic mass is 9.84. The van der Waals surface area contributed by atoms with Crippen LogP contribution >= 0.6 is 0 Å². The molecule has 1 aromatic rings. The zero-order valence-corrected chi connectivity index (χ0v) is 15.3. The van der Waals surface area contributed by atoms with Crippen molar-refractivity contribution in [1.82, 2.24) is 5.32 Å². The summed E-state index contributed by atoms with van der Waals surface area (Å²) in [5.74, 6) is 1.40. The number of carbonyl (C=O) groups is 3.